The summed E-state index contributed by atoms with van der Waals surface area (Å²) >= 11 is 0. The van der Waals surface area contributed by atoms with Crippen molar-refractivity contribution < 1.29 is 23.0 Å². The van der Waals surface area contributed by atoms with Crippen LogP contribution < -0.4 is 0 Å². The highest BCUT2D eigenvalue weighted by Crippen LogP contribution is 2.41. The minimum absolute atomic E-state index is 0.0371. The van der Waals surface area contributed by atoms with Gasteiger partial charge in [0.1, 0.15) is 11.9 Å². The third-order valence-corrected chi connectivity index (χ3v) is 8.92. The molecule has 3 fully saturated rings. The molecule has 0 amide bonds. The summed E-state index contributed by atoms with van der Waals surface area (Å²) in [6.07, 6.45) is 8.28. The lowest BCUT2D eigenvalue weighted by molar-refractivity contribution is 0.0963. The first-order valence-corrected chi connectivity index (χ1v) is 13.5. The van der Waals surface area contributed by atoms with Gasteiger partial charge in [-0.15, -0.1) is 0 Å². The maximum absolute atomic E-state index is 15.0. The zero-order valence-electron chi connectivity index (χ0n) is 20.6. The van der Waals surface area contributed by atoms with Gasteiger partial charge >= 0.3 is 0 Å². The first-order valence-electron chi connectivity index (χ1n) is 13.5. The Morgan fingerprint density at radius 1 is 0.857 bits per heavy atom. The Bertz CT molecular complexity index is 1020. The topological polar surface area (TPSA) is 32.8 Å². The summed E-state index contributed by atoms with van der Waals surface area (Å²) in [6.45, 7) is 2.49. The van der Waals surface area contributed by atoms with Crippen molar-refractivity contribution in [2.24, 2.45) is 11.8 Å². The highest BCUT2D eigenvalue weighted by molar-refractivity contribution is 5.31. The van der Waals surface area contributed by atoms with Crippen molar-refractivity contribution in [3.63, 3.8) is 0 Å². The monoisotopic (exact) mass is 486 g/mol. The molecule has 5 rings (SSSR count). The molecule has 0 spiro atoms. The van der Waals surface area contributed by atoms with Crippen molar-refractivity contribution in [3.8, 4) is 0 Å². The number of aliphatic hydroxyl groups is 1. The normalized spacial score (nSPS) is 29.7. The molecular weight excluding hydrogens is 449 g/mol. The van der Waals surface area contributed by atoms with Gasteiger partial charge < -0.3 is 9.84 Å². The fraction of sp³-hybridized carbons (Fsp3) is 0.600. The first kappa shape index (κ1) is 24.8. The van der Waals surface area contributed by atoms with Gasteiger partial charge in [-0.3, -0.25) is 0 Å². The molecule has 0 aromatic heterocycles. The van der Waals surface area contributed by atoms with Crippen molar-refractivity contribution in [2.45, 2.75) is 95.2 Å². The van der Waals surface area contributed by atoms with E-state index in [1.54, 1.807) is 18.2 Å². The summed E-state index contributed by atoms with van der Waals surface area (Å²) in [6, 6.07) is 9.10. The fourth-order valence-corrected chi connectivity index (χ4v) is 6.46. The van der Waals surface area contributed by atoms with Crippen molar-refractivity contribution >= 4 is 0 Å². The van der Waals surface area contributed by atoms with E-state index >= 15 is 0 Å². The molecule has 2 unspecified atom stereocenters. The van der Waals surface area contributed by atoms with Gasteiger partial charge in [0.2, 0.25) is 0 Å². The number of hydrogen-bond acceptors (Lipinski definition) is 2. The van der Waals surface area contributed by atoms with Crippen LogP contribution in [0.2, 0.25) is 0 Å². The SMILES string of the molecule is CC(O)C1CCC(c2ccc(CCC3CCC(c4ccc(C5CO5)cc4F)CC3)c(F)c2F)CC1. The molecule has 2 aliphatic carbocycles. The van der Waals surface area contributed by atoms with Gasteiger partial charge in [-0.05, 0) is 123 Å². The minimum Gasteiger partial charge on any atom is -0.393 e. The van der Waals surface area contributed by atoms with Crippen molar-refractivity contribution in [1.82, 2.24) is 0 Å². The number of epoxide rings is 1. The van der Waals surface area contributed by atoms with E-state index in [1.807, 2.05) is 19.1 Å². The van der Waals surface area contributed by atoms with Crippen LogP contribution in [0, 0.1) is 29.3 Å². The second-order valence-electron chi connectivity index (χ2n) is 11.2. The van der Waals surface area contributed by atoms with E-state index in [-0.39, 0.29) is 35.8 Å². The number of ether oxygens (including phenoxy) is 1. The molecule has 1 saturated heterocycles. The van der Waals surface area contributed by atoms with Gasteiger partial charge in [0.25, 0.3) is 0 Å². The number of rotatable bonds is 7. The van der Waals surface area contributed by atoms with Gasteiger partial charge in [0, 0.05) is 0 Å². The summed E-state index contributed by atoms with van der Waals surface area (Å²) in [7, 11) is 0. The molecule has 1 N–H and O–H groups in total. The Morgan fingerprint density at radius 2 is 1.49 bits per heavy atom. The molecule has 5 heteroatoms. The first-order chi connectivity index (χ1) is 16.9. The van der Waals surface area contributed by atoms with E-state index < -0.39 is 11.6 Å². The van der Waals surface area contributed by atoms with Crippen LogP contribution in [0.5, 0.6) is 0 Å². The largest absolute Gasteiger partial charge is 0.393 e. The Labute approximate surface area is 206 Å². The molecule has 2 aromatic rings. The molecule has 2 nitrogen and oxygen atoms in total. The van der Waals surface area contributed by atoms with Gasteiger partial charge in [0.05, 0.1) is 12.7 Å². The second kappa shape index (κ2) is 10.6. The Balaban J connectivity index is 1.13. The minimum atomic E-state index is -0.685. The maximum atomic E-state index is 15.0. The summed E-state index contributed by atoms with van der Waals surface area (Å²) < 4.78 is 49.8. The number of aliphatic hydroxyl groups excluding tert-OH is 1. The van der Waals surface area contributed by atoms with E-state index in [0.29, 0.717) is 30.1 Å². The lowest BCUT2D eigenvalue weighted by Gasteiger charge is -2.31. The van der Waals surface area contributed by atoms with E-state index in [0.717, 1.165) is 68.9 Å². The molecule has 190 valence electrons. The molecule has 2 aromatic carbocycles. The predicted octanol–water partition coefficient (Wildman–Crippen LogP) is 7.74. The van der Waals surface area contributed by atoms with Crippen molar-refractivity contribution in [2.75, 3.05) is 6.61 Å². The van der Waals surface area contributed by atoms with E-state index in [1.165, 1.54) is 0 Å². The Hall–Kier alpha value is -1.85. The van der Waals surface area contributed by atoms with Crippen LogP contribution in [0.3, 0.4) is 0 Å². The molecule has 0 bridgehead atoms. The summed E-state index contributed by atoms with van der Waals surface area (Å²) in [5.74, 6) is -0.489. The number of halogens is 3. The van der Waals surface area contributed by atoms with Crippen LogP contribution in [0.1, 0.15) is 105 Å². The molecule has 3 aliphatic rings. The highest BCUT2D eigenvalue weighted by atomic mass is 19.2. The lowest BCUT2D eigenvalue weighted by atomic mass is 9.76. The smallest absolute Gasteiger partial charge is 0.162 e. The summed E-state index contributed by atoms with van der Waals surface area (Å²) in [5, 5.41) is 9.80. The summed E-state index contributed by atoms with van der Waals surface area (Å²) in [4.78, 5) is 0. The fourth-order valence-electron chi connectivity index (χ4n) is 6.46. The highest BCUT2D eigenvalue weighted by Gasteiger charge is 2.30. The van der Waals surface area contributed by atoms with E-state index in [9.17, 15) is 18.3 Å². The van der Waals surface area contributed by atoms with Crippen molar-refractivity contribution in [3.05, 3.63) is 70.0 Å². The number of benzene rings is 2. The van der Waals surface area contributed by atoms with Crippen LogP contribution in [0.25, 0.3) is 0 Å². The average molecular weight is 487 g/mol. The summed E-state index contributed by atoms with van der Waals surface area (Å²) in [5.41, 5.74) is 2.69. The second-order valence-corrected chi connectivity index (χ2v) is 11.2. The van der Waals surface area contributed by atoms with Crippen LogP contribution >= 0.6 is 0 Å². The van der Waals surface area contributed by atoms with Gasteiger partial charge in [-0.1, -0.05) is 24.3 Å². The average Bonchev–Trinajstić information content (AvgIpc) is 3.71. The molecule has 2 saturated carbocycles. The van der Waals surface area contributed by atoms with E-state index in [4.69, 9.17) is 4.74 Å². The molecular formula is C30H37F3O2. The third kappa shape index (κ3) is 5.61. The Kier molecular flexibility index (Phi) is 7.55. The number of hydrogen-bond donors (Lipinski definition) is 1. The predicted molar refractivity (Wildman–Crippen MR) is 131 cm³/mol. The quantitative estimate of drug-likeness (QED) is 0.406. The van der Waals surface area contributed by atoms with Gasteiger partial charge in [-0.2, -0.15) is 0 Å². The standard InChI is InChI=1S/C30H37F3O2/c1-18(34)20-8-10-22(11-9-20)26-15-12-23(29(32)30(26)33)7-4-19-2-5-21(6-3-19)25-14-13-24(16-27(25)31)28-17-35-28/h12-16,18-22,28,34H,2-11,17H2,1H3. The molecule has 1 aliphatic heterocycles. The molecule has 0 radical (unpaired) electrons. The lowest BCUT2D eigenvalue weighted by Crippen LogP contribution is -2.23. The van der Waals surface area contributed by atoms with Crippen LogP contribution in [0.15, 0.2) is 30.3 Å². The zero-order chi connectivity index (χ0) is 24.5. The van der Waals surface area contributed by atoms with Crippen LogP contribution in [0.4, 0.5) is 13.2 Å². The van der Waals surface area contributed by atoms with Crippen LogP contribution in [-0.4, -0.2) is 17.8 Å². The van der Waals surface area contributed by atoms with Crippen LogP contribution in [-0.2, 0) is 11.2 Å². The molecule has 1 heterocycles. The zero-order valence-corrected chi connectivity index (χ0v) is 20.6. The molecule has 35 heavy (non-hydrogen) atoms. The van der Waals surface area contributed by atoms with Crippen molar-refractivity contribution in [1.29, 1.82) is 0 Å². The maximum Gasteiger partial charge on any atom is 0.162 e. The Morgan fingerprint density at radius 3 is 2.11 bits per heavy atom. The third-order valence-electron chi connectivity index (χ3n) is 8.92. The van der Waals surface area contributed by atoms with Gasteiger partial charge in [0.15, 0.2) is 11.6 Å². The van der Waals surface area contributed by atoms with Gasteiger partial charge in [-0.25, -0.2) is 13.2 Å². The number of aryl methyl sites for hydroxylation is 1. The molecule has 2 atom stereocenters. The van der Waals surface area contributed by atoms with E-state index in [2.05, 4.69) is 0 Å².